The van der Waals surface area contributed by atoms with E-state index < -0.39 is 64.3 Å². The SMILES string of the molecule is Cc1nc(CSCCNC(=O)OC(C)(C)C)c(SC2=C(C(=O)OC(c3ccccc3)c3ccccc3)N3C(=O)[C@@H](NC(=O)/C(=N\OC(c4ccccc4)(c4ccccc4)c4ccccc4)c4cccc(NC(=O)OC(C)(C)C)n4)[C@H]3SC2)s1. The van der Waals surface area contributed by atoms with E-state index in [9.17, 15) is 9.59 Å². The Morgan fingerprint density at radius 2 is 1.25 bits per heavy atom. The van der Waals surface area contributed by atoms with Crippen molar-refractivity contribution in [3.8, 4) is 0 Å². The monoisotopic (exact) mass is 1190 g/mol. The van der Waals surface area contributed by atoms with Crippen LogP contribution in [0.2, 0.25) is 0 Å². The number of alkyl carbamates (subject to hydrolysis) is 1. The molecule has 16 nitrogen and oxygen atoms in total. The van der Waals surface area contributed by atoms with Gasteiger partial charge in [0.25, 0.3) is 11.8 Å². The van der Waals surface area contributed by atoms with Crippen LogP contribution in [0.3, 0.4) is 0 Å². The third-order valence-electron chi connectivity index (χ3n) is 12.6. The summed E-state index contributed by atoms with van der Waals surface area (Å²) < 4.78 is 18.3. The van der Waals surface area contributed by atoms with Gasteiger partial charge in [-0.15, -0.1) is 23.1 Å². The average molecular weight is 1190 g/mol. The average Bonchev–Trinajstić information content (AvgIpc) is 3.59. The minimum Gasteiger partial charge on any atom is -0.448 e. The van der Waals surface area contributed by atoms with E-state index in [2.05, 4.69) is 20.9 Å². The van der Waals surface area contributed by atoms with Gasteiger partial charge in [0.1, 0.15) is 39.8 Å². The summed E-state index contributed by atoms with van der Waals surface area (Å²) in [5.74, 6) is -0.695. The van der Waals surface area contributed by atoms with E-state index in [1.54, 1.807) is 50.7 Å². The zero-order valence-electron chi connectivity index (χ0n) is 46.8. The zero-order valence-corrected chi connectivity index (χ0v) is 50.1. The van der Waals surface area contributed by atoms with Crippen LogP contribution >= 0.6 is 46.6 Å². The largest absolute Gasteiger partial charge is 0.448 e. The van der Waals surface area contributed by atoms with Crippen molar-refractivity contribution < 1.29 is 43.0 Å². The highest BCUT2D eigenvalue weighted by Crippen LogP contribution is 2.48. The van der Waals surface area contributed by atoms with Gasteiger partial charge in [-0.1, -0.05) is 175 Å². The number of benzene rings is 5. The molecule has 2 aliphatic rings. The predicted molar refractivity (Wildman–Crippen MR) is 327 cm³/mol. The van der Waals surface area contributed by atoms with Gasteiger partial charge in [-0.25, -0.2) is 24.4 Å². The number of thiazole rings is 1. The van der Waals surface area contributed by atoms with Gasteiger partial charge in [0.05, 0.1) is 14.9 Å². The standard InChI is InChI=1S/C63H63N7O9S4/c1-40-65-47(38-80-37-36-64-59(74)77-61(2,3)4)58(82-40)83-48-39-81-56-51(55(72)70(56)52(48)57(73)76-53(41-24-13-8-14-25-41)42-26-15-9-16-27-42)68-54(71)50(46-34-23-35-49(66-46)67-60(75)78-62(5,6)7)69-79-63(43-28-17-10-18-29-43,44-30-19-11-20-31-44)45-32-21-12-22-33-45/h8-35,51,53,56H,36-39H2,1-7H3,(H,64,74)(H,68,71)(H,66,67,75)/b69-50-/t51-,56-/m1/s1. The molecule has 4 amide bonds. The molecule has 3 N–H and O–H groups in total. The van der Waals surface area contributed by atoms with Crippen LogP contribution in [0.15, 0.2) is 190 Å². The van der Waals surface area contributed by atoms with Crippen molar-refractivity contribution in [3.05, 3.63) is 225 Å². The molecule has 2 atom stereocenters. The quantitative estimate of drug-likeness (QED) is 0.0124. The highest BCUT2D eigenvalue weighted by molar-refractivity contribution is 8.07. The number of β-lactam (4-membered cyclic amide) rings is 1. The summed E-state index contributed by atoms with van der Waals surface area (Å²) in [5, 5.41) is 13.2. The molecule has 20 heteroatoms. The summed E-state index contributed by atoms with van der Waals surface area (Å²) in [7, 11) is 0. The number of nitrogens with zero attached hydrogens (tertiary/aromatic N) is 4. The van der Waals surface area contributed by atoms with Crippen molar-refractivity contribution in [1.82, 2.24) is 25.5 Å². The van der Waals surface area contributed by atoms with Crippen LogP contribution in [0.25, 0.3) is 0 Å². The number of ether oxygens (including phenoxy) is 3. The Kier molecular flexibility index (Phi) is 19.1. The first kappa shape index (κ1) is 59.7. The lowest BCUT2D eigenvalue weighted by molar-refractivity contribution is -0.154. The van der Waals surface area contributed by atoms with Gasteiger partial charge < -0.3 is 29.7 Å². The van der Waals surface area contributed by atoms with Gasteiger partial charge in [0.15, 0.2) is 11.8 Å². The minimum absolute atomic E-state index is 0.00269. The molecule has 1 fully saturated rings. The molecule has 428 valence electrons. The normalized spacial score (nSPS) is 15.4. The van der Waals surface area contributed by atoms with Crippen molar-refractivity contribution in [2.75, 3.05) is 23.4 Å². The van der Waals surface area contributed by atoms with Crippen molar-refractivity contribution in [2.45, 2.75) is 92.8 Å². The van der Waals surface area contributed by atoms with Gasteiger partial charge in [0, 0.05) is 45.4 Å². The summed E-state index contributed by atoms with van der Waals surface area (Å²) >= 11 is 5.81. The fraction of sp³-hybridized carbons (Fsp3) is 0.270. The number of nitrogens with one attached hydrogen (secondary N) is 3. The lowest BCUT2D eigenvalue weighted by atomic mass is 9.80. The Hall–Kier alpha value is -7.91. The second-order valence-corrected chi connectivity index (χ2v) is 25.9. The second kappa shape index (κ2) is 26.6. The first-order valence-corrected chi connectivity index (χ1v) is 30.6. The second-order valence-electron chi connectivity index (χ2n) is 21.1. The molecule has 7 aromatic rings. The van der Waals surface area contributed by atoms with Crippen LogP contribution in [0.1, 0.15) is 91.9 Å². The summed E-state index contributed by atoms with van der Waals surface area (Å²) in [6, 6.07) is 50.8. The summed E-state index contributed by atoms with van der Waals surface area (Å²) in [5.41, 5.74) is 1.22. The molecule has 0 radical (unpaired) electrons. The van der Waals surface area contributed by atoms with Crippen LogP contribution in [0.4, 0.5) is 15.4 Å². The topological polar surface area (TPSA) is 200 Å². The number of aryl methyl sites for hydroxylation is 1. The van der Waals surface area contributed by atoms with Gasteiger partial charge in [-0.3, -0.25) is 19.8 Å². The Morgan fingerprint density at radius 1 is 0.711 bits per heavy atom. The van der Waals surface area contributed by atoms with E-state index in [0.29, 0.717) is 39.6 Å². The molecule has 9 rings (SSSR count). The lowest BCUT2D eigenvalue weighted by Gasteiger charge is -2.49. The minimum atomic E-state index is -1.43. The molecule has 5 aromatic carbocycles. The molecule has 2 aliphatic heterocycles. The Balaban J connectivity index is 1.06. The summed E-state index contributed by atoms with van der Waals surface area (Å²) in [4.78, 5) is 89.2. The number of anilines is 1. The van der Waals surface area contributed by atoms with Crippen molar-refractivity contribution in [1.29, 1.82) is 0 Å². The van der Waals surface area contributed by atoms with Gasteiger partial charge >= 0.3 is 18.2 Å². The van der Waals surface area contributed by atoms with Crippen molar-refractivity contribution >= 4 is 88.1 Å². The summed E-state index contributed by atoms with van der Waals surface area (Å²) in [6.45, 7) is 12.9. The van der Waals surface area contributed by atoms with Gasteiger partial charge in [-0.2, -0.15) is 11.8 Å². The molecule has 1 saturated heterocycles. The highest BCUT2D eigenvalue weighted by atomic mass is 32.2. The number of aromatic nitrogens is 2. The Labute approximate surface area is 499 Å². The van der Waals surface area contributed by atoms with E-state index in [0.717, 1.165) is 26.0 Å². The molecule has 4 heterocycles. The number of thioether (sulfide) groups is 3. The molecule has 0 spiro atoms. The number of rotatable bonds is 20. The van der Waals surface area contributed by atoms with E-state index in [-0.39, 0.29) is 28.7 Å². The number of hydrogen-bond donors (Lipinski definition) is 3. The maximum atomic E-state index is 15.3. The van der Waals surface area contributed by atoms with Crippen LogP contribution in [-0.2, 0) is 44.8 Å². The summed E-state index contributed by atoms with van der Waals surface area (Å²) in [6.07, 6.45) is -2.10. The number of pyridine rings is 1. The van der Waals surface area contributed by atoms with Crippen LogP contribution < -0.4 is 16.0 Å². The highest BCUT2D eigenvalue weighted by Gasteiger charge is 2.55. The maximum Gasteiger partial charge on any atom is 0.413 e. The third-order valence-corrected chi connectivity index (χ3v) is 17.4. The fourth-order valence-corrected chi connectivity index (χ4v) is 13.9. The number of carbonyl (C=O) groups is 5. The molecular formula is C63H63N7O9S4. The van der Waals surface area contributed by atoms with Crippen LogP contribution in [0, 0.1) is 6.92 Å². The molecule has 83 heavy (non-hydrogen) atoms. The molecule has 2 aromatic heterocycles. The molecule has 0 bridgehead atoms. The first-order valence-electron chi connectivity index (χ1n) is 26.8. The van der Waals surface area contributed by atoms with Gasteiger partial charge in [-0.05, 0) is 71.7 Å². The van der Waals surface area contributed by atoms with E-state index in [1.165, 1.54) is 39.8 Å². The van der Waals surface area contributed by atoms with Gasteiger partial charge in [0.2, 0.25) is 5.60 Å². The molecule has 0 unspecified atom stereocenters. The molecule has 0 saturated carbocycles. The van der Waals surface area contributed by atoms with Crippen molar-refractivity contribution in [3.63, 3.8) is 0 Å². The van der Waals surface area contributed by atoms with Crippen LogP contribution in [-0.4, -0.2) is 91.2 Å². The number of esters is 1. The van der Waals surface area contributed by atoms with Crippen molar-refractivity contribution in [2.24, 2.45) is 5.16 Å². The maximum absolute atomic E-state index is 15.3. The molecular weight excluding hydrogens is 1130 g/mol. The smallest absolute Gasteiger partial charge is 0.413 e. The number of fused-ring (bicyclic) bond motifs is 1. The Bertz CT molecular complexity index is 3350. The van der Waals surface area contributed by atoms with E-state index in [1.807, 2.05) is 179 Å². The fourth-order valence-electron chi connectivity index (χ4n) is 9.10. The number of oxime groups is 1. The lowest BCUT2D eigenvalue weighted by Crippen LogP contribution is -2.71. The van der Waals surface area contributed by atoms with Crippen LogP contribution in [0.5, 0.6) is 0 Å². The number of hydrogen-bond acceptors (Lipinski definition) is 16. The number of carbonyl (C=O) groups excluding carboxylic acids is 5. The Morgan fingerprint density at radius 3 is 1.81 bits per heavy atom. The zero-order chi connectivity index (χ0) is 58.7. The number of amides is 4. The molecule has 0 aliphatic carbocycles. The van der Waals surface area contributed by atoms with E-state index in [4.69, 9.17) is 29.2 Å². The first-order chi connectivity index (χ1) is 39.9. The van der Waals surface area contributed by atoms with E-state index >= 15 is 14.4 Å². The predicted octanol–water partition coefficient (Wildman–Crippen LogP) is 12.4. The third kappa shape index (κ3) is 14.8.